The van der Waals surface area contributed by atoms with E-state index in [0.717, 1.165) is 18.4 Å². The van der Waals surface area contributed by atoms with Crippen molar-refractivity contribution in [3.05, 3.63) is 28.6 Å². The molecule has 6 nitrogen and oxygen atoms in total. The zero-order chi connectivity index (χ0) is 15.7. The first-order valence-corrected chi connectivity index (χ1v) is 7.61. The Hall–Kier alpha value is -2.15. The number of carbonyl (C=O) groups excluding carboxylic acids is 2. The highest BCUT2D eigenvalue weighted by Gasteiger charge is 2.23. The number of hydrogen-bond donors (Lipinski definition) is 2. The average molecular weight is 319 g/mol. The molecule has 1 aliphatic carbocycles. The Kier molecular flexibility index (Phi) is 3.98. The summed E-state index contributed by atoms with van der Waals surface area (Å²) in [6, 6.07) is 5.48. The highest BCUT2D eigenvalue weighted by molar-refractivity contribution is 7.71. The van der Waals surface area contributed by atoms with Gasteiger partial charge in [0.1, 0.15) is 0 Å². The third-order valence-corrected chi connectivity index (χ3v) is 3.82. The maximum atomic E-state index is 12.4. The zero-order valence-electron chi connectivity index (χ0n) is 12.2. The molecule has 0 saturated heterocycles. The van der Waals surface area contributed by atoms with Crippen LogP contribution in [0.2, 0.25) is 0 Å². The van der Waals surface area contributed by atoms with Crippen LogP contribution in [0.1, 0.15) is 29.6 Å². The molecule has 22 heavy (non-hydrogen) atoms. The van der Waals surface area contributed by atoms with Crippen LogP contribution in [0, 0.1) is 4.84 Å². The maximum absolute atomic E-state index is 12.4. The SMILES string of the molecule is CN(CCC(=O)NC1CC1)C(=O)c1ccc2[nH]c(=S)oc2c1. The van der Waals surface area contributed by atoms with Gasteiger partial charge in [-0.1, -0.05) is 0 Å². The van der Waals surface area contributed by atoms with Crippen LogP contribution in [0.15, 0.2) is 22.6 Å². The number of carbonyl (C=O) groups is 2. The molecule has 2 amide bonds. The normalized spacial score (nSPS) is 14.0. The van der Waals surface area contributed by atoms with Gasteiger partial charge in [0.15, 0.2) is 5.58 Å². The molecule has 0 bridgehead atoms. The fourth-order valence-corrected chi connectivity index (χ4v) is 2.40. The first kappa shape index (κ1) is 14.8. The highest BCUT2D eigenvalue weighted by Crippen LogP contribution is 2.19. The molecule has 0 aliphatic heterocycles. The monoisotopic (exact) mass is 319 g/mol. The number of nitrogens with one attached hydrogen (secondary N) is 2. The van der Waals surface area contributed by atoms with Crippen LogP contribution in [0.25, 0.3) is 11.1 Å². The second kappa shape index (κ2) is 5.92. The molecule has 0 radical (unpaired) electrons. The number of amides is 2. The minimum Gasteiger partial charge on any atom is -0.429 e. The van der Waals surface area contributed by atoms with Crippen LogP contribution in [-0.4, -0.2) is 41.3 Å². The number of benzene rings is 1. The third-order valence-electron chi connectivity index (χ3n) is 3.63. The summed E-state index contributed by atoms with van der Waals surface area (Å²) in [5.41, 5.74) is 1.82. The van der Waals surface area contributed by atoms with Crippen LogP contribution in [-0.2, 0) is 4.79 Å². The minimum atomic E-state index is -0.150. The largest absolute Gasteiger partial charge is 0.429 e. The molecule has 1 saturated carbocycles. The number of hydrogen-bond acceptors (Lipinski definition) is 4. The van der Waals surface area contributed by atoms with Gasteiger partial charge in [-0.05, 0) is 43.3 Å². The summed E-state index contributed by atoms with van der Waals surface area (Å²) in [4.78, 5) is 28.7. The van der Waals surface area contributed by atoms with E-state index in [0.29, 0.717) is 30.2 Å². The third kappa shape index (κ3) is 3.36. The molecule has 2 aromatic rings. The Morgan fingerprint density at radius 3 is 2.95 bits per heavy atom. The molecule has 1 aromatic heterocycles. The molecule has 0 unspecified atom stereocenters. The second-order valence-corrected chi connectivity index (χ2v) is 5.91. The number of aromatic nitrogens is 1. The Morgan fingerprint density at radius 1 is 1.45 bits per heavy atom. The quantitative estimate of drug-likeness (QED) is 0.829. The van der Waals surface area contributed by atoms with Crippen molar-refractivity contribution in [1.82, 2.24) is 15.2 Å². The van der Waals surface area contributed by atoms with E-state index in [-0.39, 0.29) is 16.7 Å². The summed E-state index contributed by atoms with van der Waals surface area (Å²) in [5, 5.41) is 2.91. The molecule has 3 rings (SSSR count). The average Bonchev–Trinajstić information content (AvgIpc) is 3.21. The van der Waals surface area contributed by atoms with Crippen molar-refractivity contribution in [3.8, 4) is 0 Å². The van der Waals surface area contributed by atoms with E-state index in [1.54, 1.807) is 25.2 Å². The van der Waals surface area contributed by atoms with Crippen molar-refractivity contribution >= 4 is 35.1 Å². The zero-order valence-corrected chi connectivity index (χ0v) is 13.0. The number of H-pyrrole nitrogens is 1. The smallest absolute Gasteiger partial charge is 0.266 e. The van der Waals surface area contributed by atoms with Gasteiger partial charge in [0, 0.05) is 31.6 Å². The van der Waals surface area contributed by atoms with Crippen LogP contribution in [0.4, 0.5) is 0 Å². The van der Waals surface area contributed by atoms with E-state index < -0.39 is 0 Å². The van der Waals surface area contributed by atoms with Gasteiger partial charge in [-0.2, -0.15) is 0 Å². The van der Waals surface area contributed by atoms with Crippen molar-refractivity contribution in [2.75, 3.05) is 13.6 Å². The van der Waals surface area contributed by atoms with E-state index >= 15 is 0 Å². The molecule has 1 fully saturated rings. The van der Waals surface area contributed by atoms with Crippen LogP contribution < -0.4 is 5.32 Å². The lowest BCUT2D eigenvalue weighted by atomic mass is 10.2. The van der Waals surface area contributed by atoms with Gasteiger partial charge in [-0.25, -0.2) is 0 Å². The van der Waals surface area contributed by atoms with Gasteiger partial charge in [-0.3, -0.25) is 9.59 Å². The topological polar surface area (TPSA) is 78.3 Å². The van der Waals surface area contributed by atoms with E-state index in [9.17, 15) is 9.59 Å². The van der Waals surface area contributed by atoms with E-state index in [2.05, 4.69) is 10.3 Å². The van der Waals surface area contributed by atoms with Gasteiger partial charge in [0.05, 0.1) is 5.52 Å². The Bertz CT molecular complexity index is 776. The molecule has 1 aromatic carbocycles. The van der Waals surface area contributed by atoms with E-state index in [1.165, 1.54) is 4.90 Å². The fourth-order valence-electron chi connectivity index (χ4n) is 2.20. The molecule has 7 heteroatoms. The molecule has 116 valence electrons. The Balaban J connectivity index is 1.62. The fraction of sp³-hybridized carbons (Fsp3) is 0.400. The van der Waals surface area contributed by atoms with Crippen LogP contribution >= 0.6 is 12.2 Å². The molecule has 0 atom stereocenters. The summed E-state index contributed by atoms with van der Waals surface area (Å²) in [5.74, 6) is -0.155. The van der Waals surface area contributed by atoms with Gasteiger partial charge < -0.3 is 19.6 Å². The Morgan fingerprint density at radius 2 is 2.23 bits per heavy atom. The van der Waals surface area contributed by atoms with Crippen molar-refractivity contribution in [2.24, 2.45) is 0 Å². The summed E-state index contributed by atoms with van der Waals surface area (Å²) in [7, 11) is 1.68. The molecular weight excluding hydrogens is 302 g/mol. The summed E-state index contributed by atoms with van der Waals surface area (Å²) in [6.07, 6.45) is 2.43. The predicted octanol–water partition coefficient (Wildman–Crippen LogP) is 2.23. The van der Waals surface area contributed by atoms with Crippen molar-refractivity contribution in [2.45, 2.75) is 25.3 Å². The minimum absolute atomic E-state index is 0.00557. The number of rotatable bonds is 5. The molecule has 1 heterocycles. The lowest BCUT2D eigenvalue weighted by Crippen LogP contribution is -2.33. The number of oxazole rings is 1. The molecule has 2 N–H and O–H groups in total. The first-order chi connectivity index (χ1) is 10.5. The maximum Gasteiger partial charge on any atom is 0.266 e. The standard InChI is InChI=1S/C15H17N3O3S/c1-18(7-6-13(19)16-10-3-4-10)14(20)9-2-5-11-12(8-9)21-15(22)17-11/h2,5,8,10H,3-4,6-7H2,1H3,(H,16,19)(H,17,22). The van der Waals surface area contributed by atoms with Gasteiger partial charge in [0.25, 0.3) is 10.7 Å². The lowest BCUT2D eigenvalue weighted by Gasteiger charge is -2.16. The summed E-state index contributed by atoms with van der Waals surface area (Å²) in [6.45, 7) is 0.381. The highest BCUT2D eigenvalue weighted by atomic mass is 32.1. The second-order valence-electron chi connectivity index (χ2n) is 5.54. The predicted molar refractivity (Wildman–Crippen MR) is 84.1 cm³/mol. The van der Waals surface area contributed by atoms with Crippen molar-refractivity contribution in [3.63, 3.8) is 0 Å². The molecule has 1 aliphatic rings. The number of aromatic amines is 1. The van der Waals surface area contributed by atoms with Gasteiger partial charge in [0.2, 0.25) is 5.91 Å². The van der Waals surface area contributed by atoms with E-state index in [4.69, 9.17) is 16.6 Å². The number of fused-ring (bicyclic) bond motifs is 1. The Labute approximate surface area is 132 Å². The van der Waals surface area contributed by atoms with Gasteiger partial charge in [-0.15, -0.1) is 0 Å². The summed E-state index contributed by atoms with van der Waals surface area (Å²) < 4.78 is 5.31. The number of nitrogens with zero attached hydrogens (tertiary/aromatic N) is 1. The van der Waals surface area contributed by atoms with Crippen LogP contribution in [0.3, 0.4) is 0 Å². The van der Waals surface area contributed by atoms with Gasteiger partial charge >= 0.3 is 0 Å². The first-order valence-electron chi connectivity index (χ1n) is 7.20. The lowest BCUT2D eigenvalue weighted by molar-refractivity contribution is -0.121. The van der Waals surface area contributed by atoms with E-state index in [1.807, 2.05) is 0 Å². The molecular formula is C15H17N3O3S. The van der Waals surface area contributed by atoms with Crippen LogP contribution in [0.5, 0.6) is 0 Å². The van der Waals surface area contributed by atoms with Crippen molar-refractivity contribution < 1.29 is 14.0 Å². The van der Waals surface area contributed by atoms with Crippen molar-refractivity contribution in [1.29, 1.82) is 0 Å². The molecule has 0 spiro atoms. The summed E-state index contributed by atoms with van der Waals surface area (Å²) >= 11 is 4.92.